The van der Waals surface area contributed by atoms with E-state index in [2.05, 4.69) is 5.10 Å². The Balaban J connectivity index is 2.01. The van der Waals surface area contributed by atoms with Gasteiger partial charge in [0, 0.05) is 11.3 Å². The summed E-state index contributed by atoms with van der Waals surface area (Å²) in [5.74, 6) is -3.08. The van der Waals surface area contributed by atoms with Gasteiger partial charge >= 0.3 is 6.18 Å². The number of nitrogens with zero attached hydrogens (tertiary/aromatic N) is 2. The van der Waals surface area contributed by atoms with Gasteiger partial charge in [-0.25, -0.2) is 4.39 Å². The Labute approximate surface area is 154 Å². The Bertz CT molecular complexity index is 767. The second-order valence-electron chi connectivity index (χ2n) is 8.33. The van der Waals surface area contributed by atoms with Crippen molar-refractivity contribution >= 4 is 11.6 Å². The average molecular weight is 386 g/mol. The molecule has 1 aliphatic carbocycles. The molecular formula is C19H22F4N2O2. The molecule has 1 saturated carbocycles. The van der Waals surface area contributed by atoms with E-state index in [0.29, 0.717) is 6.42 Å². The molecule has 0 saturated heterocycles. The number of hydrogen-bond donors (Lipinski definition) is 1. The van der Waals surface area contributed by atoms with Crippen molar-refractivity contribution in [2.45, 2.75) is 51.9 Å². The predicted molar refractivity (Wildman–Crippen MR) is 91.3 cm³/mol. The first-order valence-electron chi connectivity index (χ1n) is 8.82. The van der Waals surface area contributed by atoms with Crippen LogP contribution >= 0.6 is 0 Å². The lowest BCUT2D eigenvalue weighted by Crippen LogP contribution is -2.62. The van der Waals surface area contributed by atoms with Crippen LogP contribution in [0.25, 0.3) is 0 Å². The Hall–Kier alpha value is -1.96. The maximum Gasteiger partial charge on any atom is 0.439 e. The minimum atomic E-state index is -5.08. The summed E-state index contributed by atoms with van der Waals surface area (Å²) in [5.41, 5.74) is -3.62. The van der Waals surface area contributed by atoms with Gasteiger partial charge in [0.2, 0.25) is 0 Å². The van der Waals surface area contributed by atoms with Crippen LogP contribution < -0.4 is 0 Å². The number of aliphatic hydroxyl groups is 1. The van der Waals surface area contributed by atoms with Crippen LogP contribution in [-0.2, 0) is 0 Å². The summed E-state index contributed by atoms with van der Waals surface area (Å²) in [6.07, 6.45) is -4.06. The summed E-state index contributed by atoms with van der Waals surface area (Å²) in [5, 5.41) is 14.8. The van der Waals surface area contributed by atoms with Gasteiger partial charge in [-0.15, -0.1) is 0 Å². The van der Waals surface area contributed by atoms with E-state index in [1.807, 2.05) is 20.8 Å². The van der Waals surface area contributed by atoms with Crippen molar-refractivity contribution in [1.29, 1.82) is 0 Å². The minimum absolute atomic E-state index is 0.0452. The number of halogens is 4. The molecular weight excluding hydrogens is 364 g/mol. The van der Waals surface area contributed by atoms with Gasteiger partial charge in [0.1, 0.15) is 5.82 Å². The third kappa shape index (κ3) is 3.24. The molecule has 0 spiro atoms. The summed E-state index contributed by atoms with van der Waals surface area (Å²) in [6.45, 7) is 5.84. The predicted octanol–water partition coefficient (Wildman–Crippen LogP) is 4.35. The van der Waals surface area contributed by atoms with Gasteiger partial charge in [0.25, 0.3) is 11.6 Å². The first kappa shape index (κ1) is 19.8. The fraction of sp³-hybridized carbons (Fsp3) is 0.579. The molecule has 1 amide bonds. The van der Waals surface area contributed by atoms with E-state index in [9.17, 15) is 27.5 Å². The number of alkyl halides is 3. The van der Waals surface area contributed by atoms with Gasteiger partial charge in [-0.2, -0.15) is 23.3 Å². The molecule has 0 aromatic heterocycles. The third-order valence-electron chi connectivity index (χ3n) is 5.63. The standard InChI is InChI=1S/C19H22F4N2O2/c1-17(2,3)12-6-9-15-14(10-12)18(27,19(21,22)23)25(24-15)16(26)11-4-7-13(20)8-5-11/h4-5,7-8,12,14,27H,6,9-10H2,1-3H3/t12-,14-,18-/m1/s1. The molecule has 27 heavy (non-hydrogen) atoms. The lowest BCUT2D eigenvalue weighted by Gasteiger charge is -2.42. The molecule has 1 aliphatic heterocycles. The van der Waals surface area contributed by atoms with Gasteiger partial charge < -0.3 is 5.11 Å². The van der Waals surface area contributed by atoms with E-state index >= 15 is 0 Å². The number of hydrogen-bond acceptors (Lipinski definition) is 3. The number of rotatable bonds is 1. The Morgan fingerprint density at radius 3 is 2.33 bits per heavy atom. The maximum atomic E-state index is 14.0. The van der Waals surface area contributed by atoms with Gasteiger partial charge in [0.15, 0.2) is 0 Å². The molecule has 1 fully saturated rings. The fourth-order valence-electron chi connectivity index (χ4n) is 3.92. The van der Waals surface area contributed by atoms with Crippen molar-refractivity contribution in [2.24, 2.45) is 22.4 Å². The van der Waals surface area contributed by atoms with E-state index in [1.54, 1.807) is 0 Å². The smallest absolute Gasteiger partial charge is 0.362 e. The number of carbonyl (C=O) groups is 1. The van der Waals surface area contributed by atoms with Crippen molar-refractivity contribution in [3.8, 4) is 0 Å². The van der Waals surface area contributed by atoms with E-state index in [-0.39, 0.29) is 40.5 Å². The highest BCUT2D eigenvalue weighted by Gasteiger charge is 2.69. The van der Waals surface area contributed by atoms with Gasteiger partial charge in [-0.3, -0.25) is 4.79 Å². The van der Waals surface area contributed by atoms with Crippen LogP contribution in [0.3, 0.4) is 0 Å². The molecule has 8 heteroatoms. The van der Waals surface area contributed by atoms with Crippen molar-refractivity contribution in [1.82, 2.24) is 5.01 Å². The van der Waals surface area contributed by atoms with Crippen molar-refractivity contribution in [2.75, 3.05) is 0 Å². The molecule has 3 atom stereocenters. The zero-order chi connectivity index (χ0) is 20.2. The molecule has 1 N–H and O–H groups in total. The van der Waals surface area contributed by atoms with Crippen LogP contribution in [0.2, 0.25) is 0 Å². The van der Waals surface area contributed by atoms with Crippen LogP contribution in [-0.4, -0.2) is 33.6 Å². The Morgan fingerprint density at radius 1 is 1.22 bits per heavy atom. The van der Waals surface area contributed by atoms with E-state index in [4.69, 9.17) is 0 Å². The first-order valence-corrected chi connectivity index (χ1v) is 8.82. The van der Waals surface area contributed by atoms with Gasteiger partial charge in [-0.1, -0.05) is 20.8 Å². The van der Waals surface area contributed by atoms with Crippen LogP contribution in [0.1, 0.15) is 50.4 Å². The van der Waals surface area contributed by atoms with Crippen LogP contribution in [0.4, 0.5) is 17.6 Å². The van der Waals surface area contributed by atoms with Crippen LogP contribution in [0.15, 0.2) is 29.4 Å². The monoisotopic (exact) mass is 386 g/mol. The second-order valence-corrected chi connectivity index (χ2v) is 8.33. The average Bonchev–Trinajstić information content (AvgIpc) is 2.88. The Kier molecular flexibility index (Phi) is 4.61. The first-order chi connectivity index (χ1) is 12.4. The molecule has 3 rings (SSSR count). The van der Waals surface area contributed by atoms with E-state index < -0.39 is 29.5 Å². The summed E-state index contributed by atoms with van der Waals surface area (Å²) in [6, 6.07) is 4.11. The molecule has 1 heterocycles. The largest absolute Gasteiger partial charge is 0.439 e. The SMILES string of the molecule is CC(C)(C)[C@@H]1CCC2=NN(C(=O)c3ccc(F)cc3)[C@](O)(C(F)(F)F)[C@@H]2C1. The summed E-state index contributed by atoms with van der Waals surface area (Å²) >= 11 is 0. The van der Waals surface area contributed by atoms with Crippen molar-refractivity contribution in [3.63, 3.8) is 0 Å². The molecule has 0 bridgehead atoms. The van der Waals surface area contributed by atoms with Crippen LogP contribution in [0.5, 0.6) is 0 Å². The van der Waals surface area contributed by atoms with Gasteiger partial charge in [0.05, 0.1) is 5.92 Å². The quantitative estimate of drug-likeness (QED) is 0.730. The lowest BCUT2D eigenvalue weighted by molar-refractivity contribution is -0.314. The molecule has 4 nitrogen and oxygen atoms in total. The number of benzene rings is 1. The van der Waals surface area contributed by atoms with Crippen LogP contribution in [0, 0.1) is 23.1 Å². The topological polar surface area (TPSA) is 52.9 Å². The third-order valence-corrected chi connectivity index (χ3v) is 5.63. The lowest BCUT2D eigenvalue weighted by atomic mass is 9.66. The maximum absolute atomic E-state index is 14.0. The normalized spacial score (nSPS) is 28.7. The minimum Gasteiger partial charge on any atom is -0.362 e. The highest BCUT2D eigenvalue weighted by Crippen LogP contribution is 2.52. The summed E-state index contributed by atoms with van der Waals surface area (Å²) in [7, 11) is 0. The number of fused-ring (bicyclic) bond motifs is 1. The zero-order valence-electron chi connectivity index (χ0n) is 15.3. The Morgan fingerprint density at radius 2 is 1.81 bits per heavy atom. The zero-order valence-corrected chi connectivity index (χ0v) is 15.3. The molecule has 1 aromatic carbocycles. The highest BCUT2D eigenvalue weighted by atomic mass is 19.4. The summed E-state index contributed by atoms with van der Waals surface area (Å²) < 4.78 is 54.9. The van der Waals surface area contributed by atoms with E-state index in [1.165, 1.54) is 0 Å². The van der Waals surface area contributed by atoms with Crippen molar-refractivity contribution in [3.05, 3.63) is 35.6 Å². The second kappa shape index (κ2) is 6.29. The molecule has 148 valence electrons. The van der Waals surface area contributed by atoms with E-state index in [0.717, 1.165) is 24.3 Å². The number of carbonyl (C=O) groups excluding carboxylic acids is 1. The number of amides is 1. The molecule has 1 aromatic rings. The van der Waals surface area contributed by atoms with Crippen molar-refractivity contribution < 1.29 is 27.5 Å². The molecule has 0 unspecified atom stereocenters. The fourth-order valence-corrected chi connectivity index (χ4v) is 3.92. The molecule has 2 aliphatic rings. The highest BCUT2D eigenvalue weighted by molar-refractivity contribution is 5.99. The number of hydrazone groups is 1. The molecule has 0 radical (unpaired) electrons. The summed E-state index contributed by atoms with van der Waals surface area (Å²) in [4.78, 5) is 12.7. The van der Waals surface area contributed by atoms with Gasteiger partial charge in [-0.05, 0) is 54.9 Å².